The molecule has 0 amide bonds. The molecule has 1 unspecified atom stereocenters. The van der Waals surface area contributed by atoms with Gasteiger partial charge in [0.05, 0.1) is 24.2 Å². The number of hydrogen-bond acceptors (Lipinski definition) is 8. The van der Waals surface area contributed by atoms with E-state index in [-0.39, 0.29) is 16.7 Å². The summed E-state index contributed by atoms with van der Waals surface area (Å²) in [5, 5.41) is 33.7. The normalized spacial score (nSPS) is 14.0. The number of carbonyl (C=O) groups is 1. The Bertz CT molecular complexity index is 1120. The summed E-state index contributed by atoms with van der Waals surface area (Å²) >= 11 is 0.673. The Kier molecular flexibility index (Phi) is 6.62. The number of fused-ring (bicyclic) bond motifs is 3. The standard InChI is InChI=1S/C20H17F3O7S/c1-19(26,20(21,22)23)8-9-28-18(25)12-5-2-4-11-14(12)10-15(24)13-6-3-7-16(17(11)13)31-30-29-27/h2-7,10,24,26-27H,8-9H2,1H3. The van der Waals surface area contributed by atoms with E-state index in [9.17, 15) is 28.2 Å². The van der Waals surface area contributed by atoms with Gasteiger partial charge in [0.25, 0.3) is 0 Å². The molecule has 1 atom stereocenters. The number of alkyl halides is 3. The molecular formula is C20H17F3O7S. The van der Waals surface area contributed by atoms with E-state index in [2.05, 4.69) is 9.37 Å². The van der Waals surface area contributed by atoms with Crippen LogP contribution in [-0.4, -0.2) is 39.8 Å². The van der Waals surface area contributed by atoms with Crippen LogP contribution in [0.25, 0.3) is 21.5 Å². The Morgan fingerprint density at radius 3 is 2.45 bits per heavy atom. The Morgan fingerprint density at radius 2 is 1.77 bits per heavy atom. The highest BCUT2D eigenvalue weighted by Gasteiger charge is 2.49. The topological polar surface area (TPSA) is 105 Å². The number of rotatable bonds is 7. The van der Waals surface area contributed by atoms with Gasteiger partial charge in [0.2, 0.25) is 0 Å². The molecule has 11 heteroatoms. The van der Waals surface area contributed by atoms with Crippen LogP contribution in [0.3, 0.4) is 0 Å². The minimum Gasteiger partial charge on any atom is -0.507 e. The van der Waals surface area contributed by atoms with Gasteiger partial charge in [-0.05, 0) is 30.5 Å². The zero-order chi connectivity index (χ0) is 22.8. The molecule has 3 N–H and O–H groups in total. The quantitative estimate of drug-likeness (QED) is 0.150. The van der Waals surface area contributed by atoms with Crippen molar-refractivity contribution in [1.82, 2.24) is 0 Å². The Labute approximate surface area is 178 Å². The monoisotopic (exact) mass is 458 g/mol. The van der Waals surface area contributed by atoms with Crippen LogP contribution in [0.1, 0.15) is 23.7 Å². The molecule has 0 bridgehead atoms. The molecule has 0 saturated carbocycles. The lowest BCUT2D eigenvalue weighted by Gasteiger charge is -2.25. The second-order valence-electron chi connectivity index (χ2n) is 6.86. The van der Waals surface area contributed by atoms with Crippen LogP contribution >= 0.6 is 12.0 Å². The van der Waals surface area contributed by atoms with E-state index in [1.165, 1.54) is 12.1 Å². The van der Waals surface area contributed by atoms with Gasteiger partial charge in [-0.1, -0.05) is 29.3 Å². The van der Waals surface area contributed by atoms with Crippen LogP contribution in [-0.2, 0) is 14.1 Å². The Hall–Kier alpha value is -2.57. The first-order chi connectivity index (χ1) is 14.6. The van der Waals surface area contributed by atoms with Crippen molar-refractivity contribution in [1.29, 1.82) is 0 Å². The van der Waals surface area contributed by atoms with E-state index in [1.54, 1.807) is 30.3 Å². The van der Waals surface area contributed by atoms with E-state index in [4.69, 9.17) is 9.99 Å². The number of hydrogen-bond donors (Lipinski definition) is 3. The predicted octanol–water partition coefficient (Wildman–Crippen LogP) is 4.99. The van der Waals surface area contributed by atoms with Crippen molar-refractivity contribution in [2.75, 3.05) is 6.61 Å². The fraction of sp³-hybridized carbons (Fsp3) is 0.250. The van der Waals surface area contributed by atoms with Crippen LogP contribution < -0.4 is 0 Å². The molecule has 3 aromatic rings. The van der Waals surface area contributed by atoms with Gasteiger partial charge in [0, 0.05) is 27.5 Å². The van der Waals surface area contributed by atoms with Gasteiger partial charge in [0.1, 0.15) is 5.75 Å². The maximum Gasteiger partial charge on any atom is 0.417 e. The molecule has 3 aromatic carbocycles. The summed E-state index contributed by atoms with van der Waals surface area (Å²) in [4.78, 5) is 13.0. The lowest BCUT2D eigenvalue weighted by Crippen LogP contribution is -2.43. The minimum absolute atomic E-state index is 0.0143. The van der Waals surface area contributed by atoms with Crippen molar-refractivity contribution in [3.05, 3.63) is 48.0 Å². The molecule has 0 spiro atoms. The fourth-order valence-corrected chi connectivity index (χ4v) is 3.58. The fourth-order valence-electron chi connectivity index (χ4n) is 3.04. The van der Waals surface area contributed by atoms with Crippen molar-refractivity contribution in [2.24, 2.45) is 0 Å². The molecular weight excluding hydrogens is 441 g/mol. The van der Waals surface area contributed by atoms with Gasteiger partial charge >= 0.3 is 12.1 Å². The largest absolute Gasteiger partial charge is 0.507 e. The van der Waals surface area contributed by atoms with E-state index in [0.717, 1.165) is 0 Å². The van der Waals surface area contributed by atoms with Crippen LogP contribution in [0.4, 0.5) is 13.2 Å². The summed E-state index contributed by atoms with van der Waals surface area (Å²) < 4.78 is 47.7. The summed E-state index contributed by atoms with van der Waals surface area (Å²) in [5.41, 5.74) is -2.98. The van der Waals surface area contributed by atoms with Crippen LogP contribution in [0.2, 0.25) is 0 Å². The van der Waals surface area contributed by atoms with Crippen molar-refractivity contribution in [3.8, 4) is 5.75 Å². The number of aliphatic hydroxyl groups is 1. The lowest BCUT2D eigenvalue weighted by atomic mass is 9.97. The van der Waals surface area contributed by atoms with Gasteiger partial charge in [-0.15, -0.1) is 4.33 Å². The number of carbonyl (C=O) groups excluding carboxylic acids is 1. The number of benzene rings is 3. The average Bonchev–Trinajstić information content (AvgIpc) is 2.71. The number of aromatic hydroxyl groups is 1. The Morgan fingerprint density at radius 1 is 1.10 bits per heavy atom. The number of ether oxygens (including phenoxy) is 1. The van der Waals surface area contributed by atoms with E-state index < -0.39 is 30.8 Å². The third-order valence-electron chi connectivity index (χ3n) is 4.77. The third-order valence-corrected chi connectivity index (χ3v) is 5.41. The van der Waals surface area contributed by atoms with Gasteiger partial charge < -0.3 is 14.9 Å². The Balaban J connectivity index is 1.98. The number of esters is 1. The highest BCUT2D eigenvalue weighted by molar-refractivity contribution is 7.94. The minimum atomic E-state index is -4.86. The van der Waals surface area contributed by atoms with E-state index in [1.807, 2.05) is 0 Å². The van der Waals surface area contributed by atoms with Gasteiger partial charge in [-0.2, -0.15) is 13.2 Å². The van der Waals surface area contributed by atoms with Crippen molar-refractivity contribution < 1.29 is 47.5 Å². The molecule has 7 nitrogen and oxygen atoms in total. The summed E-state index contributed by atoms with van der Waals surface area (Å²) in [5.74, 6) is -1.07. The molecule has 31 heavy (non-hydrogen) atoms. The second-order valence-corrected chi connectivity index (χ2v) is 7.60. The maximum absolute atomic E-state index is 12.8. The second kappa shape index (κ2) is 8.89. The molecule has 0 heterocycles. The predicted molar refractivity (Wildman–Crippen MR) is 105 cm³/mol. The van der Waals surface area contributed by atoms with Crippen molar-refractivity contribution in [3.63, 3.8) is 0 Å². The van der Waals surface area contributed by atoms with Crippen LogP contribution in [0.5, 0.6) is 5.75 Å². The highest BCUT2D eigenvalue weighted by atomic mass is 32.2. The summed E-state index contributed by atoms with van der Waals surface area (Å²) in [6.45, 7) is -0.0651. The zero-order valence-corrected chi connectivity index (χ0v) is 16.8. The molecule has 0 radical (unpaired) electrons. The molecule has 0 aromatic heterocycles. The number of phenols is 1. The molecule has 0 aliphatic carbocycles. The summed E-state index contributed by atoms with van der Waals surface area (Å²) in [6, 6.07) is 10.9. The van der Waals surface area contributed by atoms with Crippen LogP contribution in [0, 0.1) is 0 Å². The number of halogens is 3. The van der Waals surface area contributed by atoms with Crippen molar-refractivity contribution in [2.45, 2.75) is 30.0 Å². The molecule has 0 aliphatic heterocycles. The first-order valence-electron chi connectivity index (χ1n) is 8.85. The molecule has 0 fully saturated rings. The maximum atomic E-state index is 12.8. The van der Waals surface area contributed by atoms with E-state index >= 15 is 0 Å². The SMILES string of the molecule is CC(O)(CCOC(=O)c1cccc2c1cc(O)c1cccc(SOOO)c12)C(F)(F)F. The molecule has 166 valence electrons. The van der Waals surface area contributed by atoms with Gasteiger partial charge in [-0.25, -0.2) is 10.1 Å². The molecule has 0 aliphatic rings. The van der Waals surface area contributed by atoms with Gasteiger partial charge in [0.15, 0.2) is 5.60 Å². The van der Waals surface area contributed by atoms with Crippen molar-refractivity contribution >= 4 is 39.6 Å². The van der Waals surface area contributed by atoms with E-state index in [0.29, 0.717) is 40.0 Å². The first kappa shape index (κ1) is 23.1. The first-order valence-corrected chi connectivity index (χ1v) is 9.59. The zero-order valence-electron chi connectivity index (χ0n) is 16.0. The van der Waals surface area contributed by atoms with Gasteiger partial charge in [-0.3, -0.25) is 0 Å². The lowest BCUT2D eigenvalue weighted by molar-refractivity contribution is -0.432. The molecule has 0 saturated heterocycles. The van der Waals surface area contributed by atoms with Crippen LogP contribution in [0.15, 0.2) is 47.4 Å². The third kappa shape index (κ3) is 4.70. The molecule has 3 rings (SSSR count). The average molecular weight is 458 g/mol. The smallest absolute Gasteiger partial charge is 0.417 e. The summed E-state index contributed by atoms with van der Waals surface area (Å²) in [6.07, 6.45) is -5.70. The highest BCUT2D eigenvalue weighted by Crippen LogP contribution is 2.40. The summed E-state index contributed by atoms with van der Waals surface area (Å²) in [7, 11) is 0. The number of phenolic OH excluding ortho intramolecular Hbond substituents is 1.